The summed E-state index contributed by atoms with van der Waals surface area (Å²) in [6.07, 6.45) is -1.48. The highest BCUT2D eigenvalue weighted by molar-refractivity contribution is 9.10. The molecule has 0 bridgehead atoms. The second-order valence-corrected chi connectivity index (χ2v) is 4.57. The molecule has 0 saturated carbocycles. The van der Waals surface area contributed by atoms with Crippen LogP contribution in [0.3, 0.4) is 0 Å². The van der Waals surface area contributed by atoms with E-state index in [0.29, 0.717) is 0 Å². The summed E-state index contributed by atoms with van der Waals surface area (Å²) in [6, 6.07) is 7.05. The minimum Gasteiger partial charge on any atom is -0.383 e. The van der Waals surface area contributed by atoms with Crippen LogP contribution in [-0.2, 0) is 0 Å². The molecule has 0 aliphatic carbocycles. The highest BCUT2D eigenvalue weighted by Gasteiger charge is 2.21. The molecule has 1 atom stereocenters. The van der Waals surface area contributed by atoms with E-state index in [-0.39, 0.29) is 10.0 Å². The van der Waals surface area contributed by atoms with Crippen molar-refractivity contribution >= 4 is 15.9 Å². The van der Waals surface area contributed by atoms with Gasteiger partial charge in [0, 0.05) is 0 Å². The Bertz CT molecular complexity index is 569. The van der Waals surface area contributed by atoms with Gasteiger partial charge >= 0.3 is 0 Å². The van der Waals surface area contributed by atoms with E-state index < -0.39 is 29.1 Å². The Morgan fingerprint density at radius 1 is 0.944 bits per heavy atom. The Kier molecular flexibility index (Phi) is 3.73. The molecular formula is C13H8BrF3O. The van der Waals surface area contributed by atoms with Gasteiger partial charge in [0.25, 0.3) is 0 Å². The van der Waals surface area contributed by atoms with Gasteiger partial charge in [0.15, 0.2) is 0 Å². The lowest BCUT2D eigenvalue weighted by molar-refractivity contribution is 0.208. The summed E-state index contributed by atoms with van der Waals surface area (Å²) in [7, 11) is 0. The summed E-state index contributed by atoms with van der Waals surface area (Å²) in [5, 5.41) is 9.95. The van der Waals surface area contributed by atoms with Crippen LogP contribution in [0.15, 0.2) is 40.9 Å². The molecule has 1 nitrogen and oxygen atoms in total. The van der Waals surface area contributed by atoms with E-state index in [0.717, 1.165) is 18.2 Å². The third-order valence-electron chi connectivity index (χ3n) is 2.54. The first-order valence-corrected chi connectivity index (χ1v) is 5.87. The molecular weight excluding hydrogens is 309 g/mol. The van der Waals surface area contributed by atoms with E-state index in [4.69, 9.17) is 0 Å². The summed E-state index contributed by atoms with van der Waals surface area (Å²) in [6.45, 7) is 0. The van der Waals surface area contributed by atoms with Crippen molar-refractivity contribution in [3.05, 3.63) is 69.4 Å². The molecule has 0 radical (unpaired) electrons. The molecule has 0 amide bonds. The van der Waals surface area contributed by atoms with E-state index in [1.54, 1.807) is 0 Å². The molecule has 0 saturated heterocycles. The van der Waals surface area contributed by atoms with Crippen molar-refractivity contribution in [3.8, 4) is 0 Å². The third kappa shape index (κ3) is 2.42. The minimum absolute atomic E-state index is 0.0556. The van der Waals surface area contributed by atoms with Gasteiger partial charge in [-0.15, -0.1) is 0 Å². The van der Waals surface area contributed by atoms with Gasteiger partial charge in [-0.3, -0.25) is 0 Å². The van der Waals surface area contributed by atoms with Gasteiger partial charge in [0.1, 0.15) is 23.6 Å². The molecule has 0 spiro atoms. The van der Waals surface area contributed by atoms with E-state index in [2.05, 4.69) is 15.9 Å². The largest absolute Gasteiger partial charge is 0.383 e. The molecule has 0 aromatic heterocycles. The van der Waals surface area contributed by atoms with Gasteiger partial charge in [0.2, 0.25) is 0 Å². The standard InChI is InChI=1S/C13H8BrF3O/c14-9-5-6-10(16)11(12(9)17)13(18)7-1-3-8(15)4-2-7/h1-6,13,18H. The Morgan fingerprint density at radius 3 is 2.17 bits per heavy atom. The highest BCUT2D eigenvalue weighted by Crippen LogP contribution is 2.30. The fraction of sp³-hybridized carbons (Fsp3) is 0.0769. The van der Waals surface area contributed by atoms with Crippen LogP contribution in [0, 0.1) is 17.5 Å². The lowest BCUT2D eigenvalue weighted by Gasteiger charge is -2.14. The van der Waals surface area contributed by atoms with Crippen LogP contribution >= 0.6 is 15.9 Å². The molecule has 0 fully saturated rings. The number of hydrogen-bond donors (Lipinski definition) is 1. The Hall–Kier alpha value is -1.33. The number of halogens is 4. The van der Waals surface area contributed by atoms with Gasteiger partial charge in [-0.2, -0.15) is 0 Å². The second kappa shape index (κ2) is 5.12. The van der Waals surface area contributed by atoms with E-state index in [9.17, 15) is 18.3 Å². The monoisotopic (exact) mass is 316 g/mol. The normalized spacial score (nSPS) is 12.5. The van der Waals surface area contributed by atoms with E-state index >= 15 is 0 Å². The van der Waals surface area contributed by atoms with Gasteiger partial charge in [0.05, 0.1) is 10.0 Å². The molecule has 18 heavy (non-hydrogen) atoms. The van der Waals surface area contributed by atoms with Gasteiger partial charge in [-0.1, -0.05) is 12.1 Å². The lowest BCUT2D eigenvalue weighted by Crippen LogP contribution is -2.06. The second-order valence-electron chi connectivity index (χ2n) is 3.71. The fourth-order valence-electron chi connectivity index (χ4n) is 1.61. The predicted molar refractivity (Wildman–Crippen MR) is 64.5 cm³/mol. The minimum atomic E-state index is -1.48. The number of aliphatic hydroxyl groups excluding tert-OH is 1. The molecule has 0 heterocycles. The van der Waals surface area contributed by atoms with Gasteiger partial charge < -0.3 is 5.11 Å². The van der Waals surface area contributed by atoms with Gasteiger partial charge in [-0.05, 0) is 45.8 Å². The van der Waals surface area contributed by atoms with E-state index in [1.165, 1.54) is 18.2 Å². The van der Waals surface area contributed by atoms with Crippen molar-refractivity contribution in [2.24, 2.45) is 0 Å². The Balaban J connectivity index is 2.49. The van der Waals surface area contributed by atoms with Crippen molar-refractivity contribution in [3.63, 3.8) is 0 Å². The average Bonchev–Trinajstić information content (AvgIpc) is 2.35. The summed E-state index contributed by atoms with van der Waals surface area (Å²) < 4.78 is 40.1. The van der Waals surface area contributed by atoms with Crippen molar-refractivity contribution in [2.45, 2.75) is 6.10 Å². The zero-order chi connectivity index (χ0) is 13.3. The number of rotatable bonds is 2. The Labute approximate surface area is 110 Å². The average molecular weight is 317 g/mol. The Morgan fingerprint density at radius 2 is 1.56 bits per heavy atom. The van der Waals surface area contributed by atoms with Crippen LogP contribution in [0.4, 0.5) is 13.2 Å². The maximum atomic E-state index is 13.8. The molecule has 1 N–H and O–H groups in total. The zero-order valence-electron chi connectivity index (χ0n) is 9.00. The SMILES string of the molecule is OC(c1ccc(F)cc1)c1c(F)ccc(Br)c1F. The number of hydrogen-bond acceptors (Lipinski definition) is 1. The quantitative estimate of drug-likeness (QED) is 0.832. The molecule has 1 unspecified atom stereocenters. The first-order valence-electron chi connectivity index (χ1n) is 5.07. The van der Waals surface area contributed by atoms with E-state index in [1.807, 2.05) is 0 Å². The molecule has 94 valence electrons. The van der Waals surface area contributed by atoms with Gasteiger partial charge in [-0.25, -0.2) is 13.2 Å². The molecule has 0 aliphatic heterocycles. The molecule has 0 aliphatic rings. The van der Waals surface area contributed by atoms with Crippen LogP contribution < -0.4 is 0 Å². The number of benzene rings is 2. The van der Waals surface area contributed by atoms with Crippen molar-refractivity contribution < 1.29 is 18.3 Å². The molecule has 5 heteroatoms. The van der Waals surface area contributed by atoms with Crippen LogP contribution in [0.2, 0.25) is 0 Å². The van der Waals surface area contributed by atoms with Crippen molar-refractivity contribution in [1.29, 1.82) is 0 Å². The lowest BCUT2D eigenvalue weighted by atomic mass is 10.0. The highest BCUT2D eigenvalue weighted by atomic mass is 79.9. The van der Waals surface area contributed by atoms with Crippen LogP contribution in [0.1, 0.15) is 17.2 Å². The predicted octanol–water partition coefficient (Wildman–Crippen LogP) is 3.95. The molecule has 2 aromatic rings. The van der Waals surface area contributed by atoms with Crippen molar-refractivity contribution in [1.82, 2.24) is 0 Å². The topological polar surface area (TPSA) is 20.2 Å². The summed E-state index contributed by atoms with van der Waals surface area (Å²) >= 11 is 2.92. The maximum Gasteiger partial charge on any atom is 0.146 e. The summed E-state index contributed by atoms with van der Waals surface area (Å²) in [5.41, 5.74) is -0.247. The molecule has 2 aromatic carbocycles. The smallest absolute Gasteiger partial charge is 0.146 e. The van der Waals surface area contributed by atoms with Crippen LogP contribution in [0.5, 0.6) is 0 Å². The number of aliphatic hydroxyl groups is 1. The maximum absolute atomic E-state index is 13.8. The van der Waals surface area contributed by atoms with Crippen molar-refractivity contribution in [2.75, 3.05) is 0 Å². The van der Waals surface area contributed by atoms with Crippen LogP contribution in [0.25, 0.3) is 0 Å². The first-order chi connectivity index (χ1) is 8.50. The summed E-state index contributed by atoms with van der Waals surface area (Å²) in [4.78, 5) is 0. The summed E-state index contributed by atoms with van der Waals surface area (Å²) in [5.74, 6) is -2.21. The third-order valence-corrected chi connectivity index (χ3v) is 3.15. The van der Waals surface area contributed by atoms with Crippen LogP contribution in [-0.4, -0.2) is 5.11 Å². The first kappa shape index (κ1) is 13.1. The fourth-order valence-corrected chi connectivity index (χ4v) is 1.95. The zero-order valence-corrected chi connectivity index (χ0v) is 10.6. The molecule has 2 rings (SSSR count).